The molecule has 0 fully saturated rings. The highest BCUT2D eigenvalue weighted by Gasteiger charge is 2.23. The van der Waals surface area contributed by atoms with Gasteiger partial charge < -0.3 is 26.8 Å². The maximum absolute atomic E-state index is 12.2. The van der Waals surface area contributed by atoms with Crippen molar-refractivity contribution in [2.45, 2.75) is 71.4 Å². The van der Waals surface area contributed by atoms with Gasteiger partial charge >= 0.3 is 12.0 Å². The molecule has 0 aromatic rings. The number of carboxylic acids is 1. The van der Waals surface area contributed by atoms with Crippen LogP contribution in [-0.4, -0.2) is 48.2 Å². The van der Waals surface area contributed by atoms with Crippen molar-refractivity contribution in [3.05, 3.63) is 0 Å². The van der Waals surface area contributed by atoms with Crippen LogP contribution in [0.15, 0.2) is 0 Å². The Morgan fingerprint density at radius 1 is 1.00 bits per heavy atom. The average molecular weight is 358 g/mol. The van der Waals surface area contributed by atoms with Gasteiger partial charge in [0.05, 0.1) is 0 Å². The molecule has 2 atom stereocenters. The van der Waals surface area contributed by atoms with Gasteiger partial charge in [0.1, 0.15) is 12.1 Å². The highest BCUT2D eigenvalue weighted by molar-refractivity contribution is 5.88. The molecule has 0 radical (unpaired) electrons. The number of nitrogens with two attached hydrogens (primary N) is 1. The van der Waals surface area contributed by atoms with Crippen LogP contribution in [0.1, 0.15) is 59.3 Å². The van der Waals surface area contributed by atoms with Gasteiger partial charge in [0, 0.05) is 6.54 Å². The molecule has 8 nitrogen and oxygen atoms in total. The Kier molecular flexibility index (Phi) is 12.5. The van der Waals surface area contributed by atoms with Crippen LogP contribution in [0.5, 0.6) is 0 Å². The molecule has 0 aliphatic carbocycles. The number of aliphatic carboxylic acids is 1. The molecule has 1 unspecified atom stereocenters. The van der Waals surface area contributed by atoms with Crippen LogP contribution >= 0.6 is 0 Å². The minimum absolute atomic E-state index is 0.243. The number of carbonyl (C=O) groups is 3. The molecule has 0 saturated carbocycles. The van der Waals surface area contributed by atoms with Crippen molar-refractivity contribution in [2.75, 3.05) is 13.1 Å². The molecule has 146 valence electrons. The summed E-state index contributed by atoms with van der Waals surface area (Å²) < 4.78 is 0. The second-order valence-corrected chi connectivity index (χ2v) is 6.61. The topological polar surface area (TPSA) is 134 Å². The molecule has 0 aromatic carbocycles. The lowest BCUT2D eigenvalue weighted by atomic mass is 10.1. The van der Waals surface area contributed by atoms with E-state index in [9.17, 15) is 19.5 Å². The number of hydrogen-bond acceptors (Lipinski definition) is 4. The molecular weight excluding hydrogens is 324 g/mol. The maximum atomic E-state index is 12.2. The zero-order valence-corrected chi connectivity index (χ0v) is 15.6. The summed E-state index contributed by atoms with van der Waals surface area (Å²) in [6, 6.07) is -2.30. The Balaban J connectivity index is 4.53. The largest absolute Gasteiger partial charge is 0.480 e. The van der Waals surface area contributed by atoms with Crippen LogP contribution in [-0.2, 0) is 9.59 Å². The summed E-state index contributed by atoms with van der Waals surface area (Å²) in [5, 5.41) is 17.0. The normalized spacial score (nSPS) is 13.2. The van der Waals surface area contributed by atoms with Gasteiger partial charge in [-0.15, -0.1) is 0 Å². The summed E-state index contributed by atoms with van der Waals surface area (Å²) in [5.74, 6) is -0.862. The van der Waals surface area contributed by atoms with Gasteiger partial charge in [-0.1, -0.05) is 27.2 Å². The molecule has 0 heterocycles. The summed E-state index contributed by atoms with van der Waals surface area (Å²) in [6.07, 6.45) is 3.69. The summed E-state index contributed by atoms with van der Waals surface area (Å²) in [5.41, 5.74) is 5.39. The molecule has 0 rings (SSSR count). The van der Waals surface area contributed by atoms with Crippen LogP contribution in [0.25, 0.3) is 0 Å². The number of unbranched alkanes of at least 4 members (excludes halogenated alkanes) is 1. The average Bonchev–Trinajstić information content (AvgIpc) is 2.53. The molecule has 0 aliphatic heterocycles. The van der Waals surface area contributed by atoms with Gasteiger partial charge in [-0.05, 0) is 44.6 Å². The van der Waals surface area contributed by atoms with E-state index in [0.29, 0.717) is 44.7 Å². The van der Waals surface area contributed by atoms with Gasteiger partial charge in [0.25, 0.3) is 0 Å². The van der Waals surface area contributed by atoms with Crippen molar-refractivity contribution in [2.24, 2.45) is 11.7 Å². The van der Waals surface area contributed by atoms with E-state index in [4.69, 9.17) is 5.73 Å². The van der Waals surface area contributed by atoms with E-state index in [1.54, 1.807) is 0 Å². The highest BCUT2D eigenvalue weighted by Crippen LogP contribution is 2.03. The third-order valence-corrected chi connectivity index (χ3v) is 3.77. The Bertz CT molecular complexity index is 415. The molecule has 8 heteroatoms. The molecule has 6 N–H and O–H groups in total. The zero-order valence-electron chi connectivity index (χ0n) is 15.6. The van der Waals surface area contributed by atoms with E-state index in [2.05, 4.69) is 29.8 Å². The Morgan fingerprint density at radius 2 is 1.64 bits per heavy atom. The van der Waals surface area contributed by atoms with E-state index in [-0.39, 0.29) is 5.91 Å². The first-order chi connectivity index (χ1) is 11.8. The van der Waals surface area contributed by atoms with E-state index < -0.39 is 24.1 Å². The fourth-order valence-electron chi connectivity index (χ4n) is 2.27. The summed E-state index contributed by atoms with van der Waals surface area (Å²) in [4.78, 5) is 35.5. The molecule has 25 heavy (non-hydrogen) atoms. The minimum Gasteiger partial charge on any atom is -0.480 e. The van der Waals surface area contributed by atoms with E-state index >= 15 is 0 Å². The van der Waals surface area contributed by atoms with Gasteiger partial charge in [0.2, 0.25) is 5.91 Å². The van der Waals surface area contributed by atoms with Crippen molar-refractivity contribution in [1.29, 1.82) is 0 Å². The fourth-order valence-corrected chi connectivity index (χ4v) is 2.27. The van der Waals surface area contributed by atoms with Crippen molar-refractivity contribution >= 4 is 17.9 Å². The SMILES string of the molecule is CCC[C@@H](NC(=O)NC(CCCCN)C(=O)O)C(=O)NCCC(C)C. The second-order valence-electron chi connectivity index (χ2n) is 6.61. The van der Waals surface area contributed by atoms with E-state index in [1.807, 2.05) is 6.92 Å². The first-order valence-corrected chi connectivity index (χ1v) is 9.09. The zero-order chi connectivity index (χ0) is 19.2. The third-order valence-electron chi connectivity index (χ3n) is 3.77. The molecule has 3 amide bonds. The minimum atomic E-state index is -1.10. The highest BCUT2D eigenvalue weighted by atomic mass is 16.4. The molecule has 0 aromatic heterocycles. The lowest BCUT2D eigenvalue weighted by Crippen LogP contribution is -2.53. The van der Waals surface area contributed by atoms with Crippen molar-refractivity contribution in [1.82, 2.24) is 16.0 Å². The number of hydrogen-bond donors (Lipinski definition) is 5. The molecule has 0 bridgehead atoms. The maximum Gasteiger partial charge on any atom is 0.326 e. The number of urea groups is 1. The van der Waals surface area contributed by atoms with Gasteiger partial charge in [0.15, 0.2) is 0 Å². The summed E-state index contributed by atoms with van der Waals surface area (Å²) in [6.45, 7) is 7.08. The fraction of sp³-hybridized carbons (Fsp3) is 0.824. The third kappa shape index (κ3) is 11.4. The number of amides is 3. The Labute approximate surface area is 150 Å². The number of carbonyl (C=O) groups excluding carboxylic acids is 2. The van der Waals surface area contributed by atoms with Gasteiger partial charge in [-0.25, -0.2) is 9.59 Å². The van der Waals surface area contributed by atoms with Crippen molar-refractivity contribution in [3.8, 4) is 0 Å². The van der Waals surface area contributed by atoms with Gasteiger partial charge in [-0.3, -0.25) is 4.79 Å². The van der Waals surface area contributed by atoms with Crippen LogP contribution in [0.2, 0.25) is 0 Å². The summed E-state index contributed by atoms with van der Waals surface area (Å²) >= 11 is 0. The van der Waals surface area contributed by atoms with Crippen LogP contribution in [0, 0.1) is 5.92 Å². The Hall–Kier alpha value is -1.83. The van der Waals surface area contributed by atoms with Crippen molar-refractivity contribution in [3.63, 3.8) is 0 Å². The lowest BCUT2D eigenvalue weighted by Gasteiger charge is -2.20. The molecular formula is C17H34N4O4. The monoisotopic (exact) mass is 358 g/mol. The molecule has 0 aliphatic rings. The predicted octanol–water partition coefficient (Wildman–Crippen LogP) is 1.20. The number of rotatable bonds is 13. The summed E-state index contributed by atoms with van der Waals surface area (Å²) in [7, 11) is 0. The molecule has 0 spiro atoms. The Morgan fingerprint density at radius 3 is 2.16 bits per heavy atom. The first kappa shape index (κ1) is 23.2. The van der Waals surface area contributed by atoms with Crippen molar-refractivity contribution < 1.29 is 19.5 Å². The second kappa shape index (κ2) is 13.5. The predicted molar refractivity (Wildman–Crippen MR) is 97.2 cm³/mol. The smallest absolute Gasteiger partial charge is 0.326 e. The quantitative estimate of drug-likeness (QED) is 0.315. The van der Waals surface area contributed by atoms with Crippen LogP contribution < -0.4 is 21.7 Å². The van der Waals surface area contributed by atoms with Crippen LogP contribution in [0.4, 0.5) is 4.79 Å². The van der Waals surface area contributed by atoms with Gasteiger partial charge in [-0.2, -0.15) is 0 Å². The van der Waals surface area contributed by atoms with E-state index in [1.165, 1.54) is 0 Å². The van der Waals surface area contributed by atoms with E-state index in [0.717, 1.165) is 12.8 Å². The molecule has 0 saturated heterocycles. The lowest BCUT2D eigenvalue weighted by molar-refractivity contribution is -0.139. The standard InChI is InChI=1S/C17H34N4O4/c1-4-7-13(15(22)19-11-9-12(2)3)20-17(25)21-14(16(23)24)8-5-6-10-18/h12-14H,4-11,18H2,1-3H3,(H,19,22)(H,23,24)(H2,20,21,25)/t13-,14?/m1/s1. The number of nitrogens with one attached hydrogen (secondary N) is 3. The van der Waals surface area contributed by atoms with Crippen LogP contribution in [0.3, 0.4) is 0 Å². The number of carboxylic acid groups (broad SMARTS) is 1. The first-order valence-electron chi connectivity index (χ1n) is 9.09.